The van der Waals surface area contributed by atoms with Gasteiger partial charge in [-0.05, 0) is 46.2 Å². The van der Waals surface area contributed by atoms with Gasteiger partial charge in [-0.1, -0.05) is 0 Å². The van der Waals surface area contributed by atoms with Crippen LogP contribution in [-0.4, -0.2) is 24.2 Å². The lowest BCUT2D eigenvalue weighted by molar-refractivity contribution is 0.395. The molecule has 0 aliphatic carbocycles. The second kappa shape index (κ2) is 6.02. The van der Waals surface area contributed by atoms with Crippen LogP contribution in [0.5, 0.6) is 11.5 Å². The molecule has 0 saturated carbocycles. The molecule has 4 rings (SSSR count). The molecule has 4 nitrogen and oxygen atoms in total. The van der Waals surface area contributed by atoms with Crippen molar-refractivity contribution in [3.63, 3.8) is 0 Å². The quantitative estimate of drug-likeness (QED) is 0.572. The van der Waals surface area contributed by atoms with Gasteiger partial charge < -0.3 is 14.5 Å². The van der Waals surface area contributed by atoms with Gasteiger partial charge in [0.15, 0.2) is 0 Å². The molecule has 3 aromatic heterocycles. The van der Waals surface area contributed by atoms with Crippen molar-refractivity contribution < 1.29 is 9.47 Å². The number of hydrogen-bond acceptors (Lipinski definition) is 4. The summed E-state index contributed by atoms with van der Waals surface area (Å²) < 4.78 is 10.9. The lowest BCUT2D eigenvalue weighted by atomic mass is 9.99. The van der Waals surface area contributed by atoms with Crippen LogP contribution in [0.4, 0.5) is 0 Å². The van der Waals surface area contributed by atoms with Crippen LogP contribution in [0.1, 0.15) is 0 Å². The van der Waals surface area contributed by atoms with Crippen LogP contribution in [0.3, 0.4) is 0 Å². The molecule has 5 heteroatoms. The SMILES string of the molecule is COc1ccc(-c2c[nH]c3nccc(-c4ccsc4)c23)c(OC)c1. The second-order valence-electron chi connectivity index (χ2n) is 5.36. The van der Waals surface area contributed by atoms with E-state index in [1.807, 2.05) is 30.6 Å². The van der Waals surface area contributed by atoms with E-state index in [0.717, 1.165) is 39.2 Å². The number of aromatic nitrogens is 2. The molecule has 3 heterocycles. The van der Waals surface area contributed by atoms with Crippen molar-refractivity contribution in [1.82, 2.24) is 9.97 Å². The van der Waals surface area contributed by atoms with Crippen LogP contribution in [0.15, 0.2) is 53.5 Å². The molecule has 0 spiro atoms. The summed E-state index contributed by atoms with van der Waals surface area (Å²) in [5, 5.41) is 5.33. The average Bonchev–Trinajstić information content (AvgIpc) is 3.30. The minimum absolute atomic E-state index is 0.770. The summed E-state index contributed by atoms with van der Waals surface area (Å²) in [5.41, 5.74) is 5.30. The third-order valence-electron chi connectivity index (χ3n) is 4.10. The fraction of sp³-hybridized carbons (Fsp3) is 0.105. The van der Waals surface area contributed by atoms with Crippen LogP contribution in [-0.2, 0) is 0 Å². The Morgan fingerprint density at radius 1 is 1.00 bits per heavy atom. The van der Waals surface area contributed by atoms with Gasteiger partial charge in [0.2, 0.25) is 0 Å². The zero-order valence-corrected chi connectivity index (χ0v) is 14.2. The number of ether oxygens (including phenoxy) is 2. The van der Waals surface area contributed by atoms with Crippen molar-refractivity contribution >= 4 is 22.4 Å². The van der Waals surface area contributed by atoms with Gasteiger partial charge in [-0.15, -0.1) is 0 Å². The molecular formula is C19H16N2O2S. The zero-order chi connectivity index (χ0) is 16.5. The lowest BCUT2D eigenvalue weighted by Gasteiger charge is -2.11. The molecule has 4 aromatic rings. The van der Waals surface area contributed by atoms with E-state index in [1.54, 1.807) is 25.6 Å². The third-order valence-corrected chi connectivity index (χ3v) is 4.79. The van der Waals surface area contributed by atoms with Crippen LogP contribution in [0.25, 0.3) is 33.3 Å². The molecule has 0 radical (unpaired) electrons. The van der Waals surface area contributed by atoms with E-state index in [1.165, 1.54) is 5.56 Å². The molecule has 0 atom stereocenters. The average molecular weight is 336 g/mol. The molecule has 0 amide bonds. The number of nitrogens with zero attached hydrogens (tertiary/aromatic N) is 1. The Balaban J connectivity index is 1.99. The summed E-state index contributed by atoms with van der Waals surface area (Å²) >= 11 is 1.69. The summed E-state index contributed by atoms with van der Waals surface area (Å²) in [6, 6.07) is 10.0. The van der Waals surface area contributed by atoms with Crippen molar-refractivity contribution in [3.05, 3.63) is 53.5 Å². The predicted octanol–water partition coefficient (Wildman–Crippen LogP) is 4.98. The first-order valence-electron chi connectivity index (χ1n) is 7.53. The highest BCUT2D eigenvalue weighted by molar-refractivity contribution is 7.08. The Labute approximate surface area is 143 Å². The van der Waals surface area contributed by atoms with Crippen LogP contribution >= 0.6 is 11.3 Å². The van der Waals surface area contributed by atoms with Gasteiger partial charge in [-0.25, -0.2) is 4.98 Å². The Kier molecular flexibility index (Phi) is 3.70. The largest absolute Gasteiger partial charge is 0.497 e. The molecule has 0 aliphatic heterocycles. The maximum atomic E-state index is 5.58. The highest BCUT2D eigenvalue weighted by Gasteiger charge is 2.16. The maximum absolute atomic E-state index is 5.58. The second-order valence-corrected chi connectivity index (χ2v) is 6.14. The standard InChI is InChI=1S/C19H16N2O2S/c1-22-13-3-4-15(17(9-13)23-2)16-10-21-19-18(16)14(5-7-20-19)12-6-8-24-11-12/h3-11H,1-2H3,(H,20,21). The number of hydrogen-bond donors (Lipinski definition) is 1. The number of nitrogens with one attached hydrogen (secondary N) is 1. The number of methoxy groups -OCH3 is 2. The van der Waals surface area contributed by atoms with Crippen molar-refractivity contribution in [2.45, 2.75) is 0 Å². The van der Waals surface area contributed by atoms with E-state index in [0.29, 0.717) is 0 Å². The van der Waals surface area contributed by atoms with Gasteiger partial charge in [0.25, 0.3) is 0 Å². The van der Waals surface area contributed by atoms with Gasteiger partial charge in [0.1, 0.15) is 17.1 Å². The molecule has 1 N–H and O–H groups in total. The number of rotatable bonds is 4. The van der Waals surface area contributed by atoms with E-state index in [-0.39, 0.29) is 0 Å². The van der Waals surface area contributed by atoms with E-state index in [4.69, 9.17) is 9.47 Å². The first kappa shape index (κ1) is 14.8. The Morgan fingerprint density at radius 3 is 2.67 bits per heavy atom. The maximum Gasteiger partial charge on any atom is 0.138 e. The summed E-state index contributed by atoms with van der Waals surface area (Å²) in [5.74, 6) is 1.54. The summed E-state index contributed by atoms with van der Waals surface area (Å²) in [6.45, 7) is 0. The van der Waals surface area contributed by atoms with Gasteiger partial charge in [0, 0.05) is 35.0 Å². The Bertz CT molecular complexity index is 990. The number of thiophene rings is 1. The number of pyridine rings is 1. The van der Waals surface area contributed by atoms with Crippen molar-refractivity contribution in [2.75, 3.05) is 14.2 Å². The highest BCUT2D eigenvalue weighted by atomic mass is 32.1. The topological polar surface area (TPSA) is 47.1 Å². The monoisotopic (exact) mass is 336 g/mol. The Hall–Kier alpha value is -2.79. The van der Waals surface area contributed by atoms with Gasteiger partial charge in [0.05, 0.1) is 14.2 Å². The predicted molar refractivity (Wildman–Crippen MR) is 97.9 cm³/mol. The number of H-pyrrole nitrogens is 1. The zero-order valence-electron chi connectivity index (χ0n) is 13.4. The van der Waals surface area contributed by atoms with Crippen LogP contribution < -0.4 is 9.47 Å². The number of benzene rings is 1. The van der Waals surface area contributed by atoms with E-state index in [9.17, 15) is 0 Å². The Morgan fingerprint density at radius 2 is 1.92 bits per heavy atom. The van der Waals surface area contributed by atoms with Crippen molar-refractivity contribution in [1.29, 1.82) is 0 Å². The molecule has 24 heavy (non-hydrogen) atoms. The first-order valence-corrected chi connectivity index (χ1v) is 8.47. The van der Waals surface area contributed by atoms with E-state index in [2.05, 4.69) is 32.9 Å². The molecule has 0 aliphatic rings. The number of fused-ring (bicyclic) bond motifs is 1. The molecule has 0 fully saturated rings. The van der Waals surface area contributed by atoms with E-state index >= 15 is 0 Å². The summed E-state index contributed by atoms with van der Waals surface area (Å²) in [4.78, 5) is 7.74. The van der Waals surface area contributed by atoms with Crippen LogP contribution in [0.2, 0.25) is 0 Å². The fourth-order valence-electron chi connectivity index (χ4n) is 2.95. The summed E-state index contributed by atoms with van der Waals surface area (Å²) in [6.07, 6.45) is 3.82. The molecule has 0 saturated heterocycles. The minimum atomic E-state index is 0.770. The number of aromatic amines is 1. The summed E-state index contributed by atoms with van der Waals surface area (Å²) in [7, 11) is 3.32. The van der Waals surface area contributed by atoms with Crippen molar-refractivity contribution in [3.8, 4) is 33.8 Å². The highest BCUT2D eigenvalue weighted by Crippen LogP contribution is 2.40. The fourth-order valence-corrected chi connectivity index (χ4v) is 3.60. The van der Waals surface area contributed by atoms with Crippen molar-refractivity contribution in [2.24, 2.45) is 0 Å². The van der Waals surface area contributed by atoms with Crippen LogP contribution in [0, 0.1) is 0 Å². The minimum Gasteiger partial charge on any atom is -0.497 e. The first-order chi connectivity index (χ1) is 11.8. The van der Waals surface area contributed by atoms with Gasteiger partial charge >= 0.3 is 0 Å². The normalized spacial score (nSPS) is 10.9. The molecule has 0 bridgehead atoms. The third kappa shape index (κ3) is 2.34. The molecule has 0 unspecified atom stereocenters. The molecule has 120 valence electrons. The van der Waals surface area contributed by atoms with E-state index < -0.39 is 0 Å². The molecular weight excluding hydrogens is 320 g/mol. The molecule has 1 aromatic carbocycles. The lowest BCUT2D eigenvalue weighted by Crippen LogP contribution is -1.90. The smallest absolute Gasteiger partial charge is 0.138 e. The van der Waals surface area contributed by atoms with Gasteiger partial charge in [-0.3, -0.25) is 0 Å². The van der Waals surface area contributed by atoms with Gasteiger partial charge in [-0.2, -0.15) is 11.3 Å².